The molecule has 0 aliphatic carbocycles. The maximum absolute atomic E-state index is 13.6. The van der Waals surface area contributed by atoms with Crippen LogP contribution in [0.3, 0.4) is 0 Å². The first kappa shape index (κ1) is 25.0. The molecule has 1 saturated heterocycles. The minimum Gasteiger partial charge on any atom is -0.466 e. The predicted molar refractivity (Wildman–Crippen MR) is 138 cm³/mol. The number of amides is 1. The number of piperidine rings is 1. The molecule has 0 saturated carbocycles. The lowest BCUT2D eigenvalue weighted by molar-refractivity contribution is -0.151. The van der Waals surface area contributed by atoms with Crippen molar-refractivity contribution in [1.82, 2.24) is 14.5 Å². The van der Waals surface area contributed by atoms with Crippen LogP contribution in [0.1, 0.15) is 45.1 Å². The summed E-state index contributed by atoms with van der Waals surface area (Å²) in [7, 11) is 0. The van der Waals surface area contributed by atoms with Crippen molar-refractivity contribution in [2.45, 2.75) is 44.7 Å². The van der Waals surface area contributed by atoms with E-state index in [4.69, 9.17) is 9.72 Å². The second-order valence-electron chi connectivity index (χ2n) is 8.96. The minimum absolute atomic E-state index is 0.0246. The zero-order valence-corrected chi connectivity index (χ0v) is 21.2. The molecule has 1 aliphatic heterocycles. The summed E-state index contributed by atoms with van der Waals surface area (Å²) in [5, 5.41) is 1.04. The Morgan fingerprint density at radius 3 is 2.49 bits per heavy atom. The van der Waals surface area contributed by atoms with Gasteiger partial charge in [0.05, 0.1) is 34.9 Å². The van der Waals surface area contributed by atoms with E-state index in [1.807, 2.05) is 42.5 Å². The van der Waals surface area contributed by atoms with Crippen LogP contribution in [0.15, 0.2) is 58.5 Å². The number of nitrogens with zero attached hydrogens (tertiary/aromatic N) is 3. The predicted octanol–water partition coefficient (Wildman–Crippen LogP) is 4.40. The summed E-state index contributed by atoms with van der Waals surface area (Å²) in [6.45, 7) is 7.40. The summed E-state index contributed by atoms with van der Waals surface area (Å²) in [6.07, 6.45) is 1.21. The summed E-state index contributed by atoms with van der Waals surface area (Å²) in [5.41, 5.74) is 2.30. The van der Waals surface area contributed by atoms with Crippen molar-refractivity contribution in [1.29, 1.82) is 0 Å². The fraction of sp³-hybridized carbons (Fsp3) is 0.407. The van der Waals surface area contributed by atoms with Crippen LogP contribution < -0.4 is 5.56 Å². The Balaban J connectivity index is 1.59. The Bertz CT molecular complexity index is 1280. The zero-order chi connectivity index (χ0) is 24.9. The molecule has 0 atom stereocenters. The summed E-state index contributed by atoms with van der Waals surface area (Å²) < 4.78 is 6.76. The van der Waals surface area contributed by atoms with Gasteiger partial charge in [0.1, 0.15) is 0 Å². The minimum atomic E-state index is -0.179. The maximum atomic E-state index is 13.6. The Morgan fingerprint density at radius 2 is 1.77 bits per heavy atom. The number of aromatic nitrogens is 2. The Hall–Kier alpha value is -3.13. The van der Waals surface area contributed by atoms with Gasteiger partial charge in [-0.3, -0.25) is 19.0 Å². The average Bonchev–Trinajstić information content (AvgIpc) is 2.87. The standard InChI is InChI=1S/C27H31N3O4S/c1-4-34-26(33)19-13-15-29(16-14-19)24(31)17-35-27-28-22-11-7-5-10-21(22)25(32)30(27)23-12-8-6-9-20(23)18(2)3/h5-12,18-19H,4,13-17H2,1-3H3. The second-order valence-corrected chi connectivity index (χ2v) is 9.90. The van der Waals surface area contributed by atoms with Gasteiger partial charge in [0.2, 0.25) is 5.91 Å². The van der Waals surface area contributed by atoms with Crippen molar-refractivity contribution >= 4 is 34.5 Å². The largest absolute Gasteiger partial charge is 0.466 e. The van der Waals surface area contributed by atoms with Gasteiger partial charge in [-0.1, -0.05) is 55.9 Å². The van der Waals surface area contributed by atoms with Crippen LogP contribution in [0.25, 0.3) is 16.6 Å². The number of carbonyl (C=O) groups excluding carboxylic acids is 2. The van der Waals surface area contributed by atoms with Gasteiger partial charge in [0, 0.05) is 13.1 Å². The highest BCUT2D eigenvalue weighted by molar-refractivity contribution is 7.99. The molecule has 35 heavy (non-hydrogen) atoms. The van der Waals surface area contributed by atoms with E-state index in [1.165, 1.54) is 11.8 Å². The monoisotopic (exact) mass is 493 g/mol. The van der Waals surface area contributed by atoms with E-state index in [0.717, 1.165) is 11.3 Å². The number of hydrogen-bond donors (Lipinski definition) is 0. The molecule has 184 valence electrons. The van der Waals surface area contributed by atoms with Crippen LogP contribution in [0.2, 0.25) is 0 Å². The first-order valence-electron chi connectivity index (χ1n) is 12.1. The SMILES string of the molecule is CCOC(=O)C1CCN(C(=O)CSc2nc3ccccc3c(=O)n2-c2ccccc2C(C)C)CC1. The molecule has 2 aromatic carbocycles. The van der Waals surface area contributed by atoms with Gasteiger partial charge in [0.15, 0.2) is 5.16 Å². The number of esters is 1. The molecule has 1 fully saturated rings. The van der Waals surface area contributed by atoms with Gasteiger partial charge < -0.3 is 9.64 Å². The average molecular weight is 494 g/mol. The van der Waals surface area contributed by atoms with Crippen LogP contribution in [0, 0.1) is 5.92 Å². The first-order valence-corrected chi connectivity index (χ1v) is 13.1. The third-order valence-electron chi connectivity index (χ3n) is 6.34. The molecule has 0 spiro atoms. The number of ether oxygens (including phenoxy) is 1. The van der Waals surface area contributed by atoms with Gasteiger partial charge in [-0.15, -0.1) is 0 Å². The van der Waals surface area contributed by atoms with Crippen molar-refractivity contribution in [3.05, 3.63) is 64.4 Å². The topological polar surface area (TPSA) is 81.5 Å². The molecule has 1 aromatic heterocycles. The normalized spacial score (nSPS) is 14.5. The van der Waals surface area contributed by atoms with Crippen LogP contribution in [-0.4, -0.2) is 51.8 Å². The highest BCUT2D eigenvalue weighted by Gasteiger charge is 2.28. The molecule has 1 aliphatic rings. The third-order valence-corrected chi connectivity index (χ3v) is 7.26. The van der Waals surface area contributed by atoms with Crippen LogP contribution in [0.4, 0.5) is 0 Å². The van der Waals surface area contributed by atoms with Crippen molar-refractivity contribution in [3.63, 3.8) is 0 Å². The number of benzene rings is 2. The highest BCUT2D eigenvalue weighted by Crippen LogP contribution is 2.28. The van der Waals surface area contributed by atoms with Crippen molar-refractivity contribution in [3.8, 4) is 5.69 Å². The number of para-hydroxylation sites is 2. The first-order chi connectivity index (χ1) is 16.9. The molecule has 2 heterocycles. The Morgan fingerprint density at radius 1 is 1.09 bits per heavy atom. The maximum Gasteiger partial charge on any atom is 0.309 e. The number of hydrogen-bond acceptors (Lipinski definition) is 6. The number of rotatable bonds is 7. The van der Waals surface area contributed by atoms with Gasteiger partial charge >= 0.3 is 5.97 Å². The van der Waals surface area contributed by atoms with Crippen LogP contribution >= 0.6 is 11.8 Å². The van der Waals surface area contributed by atoms with Gasteiger partial charge in [0.25, 0.3) is 5.56 Å². The van der Waals surface area contributed by atoms with Gasteiger partial charge in [-0.2, -0.15) is 0 Å². The molecule has 4 rings (SSSR count). The Kier molecular flexibility index (Phi) is 7.90. The molecule has 0 N–H and O–H groups in total. The molecule has 0 radical (unpaired) electrons. The molecule has 8 heteroatoms. The van der Waals surface area contributed by atoms with Gasteiger partial charge in [-0.25, -0.2) is 4.98 Å². The van der Waals surface area contributed by atoms with E-state index in [2.05, 4.69) is 13.8 Å². The second kappa shape index (κ2) is 11.1. The smallest absolute Gasteiger partial charge is 0.309 e. The third kappa shape index (κ3) is 5.42. The quantitative estimate of drug-likeness (QED) is 0.276. The summed E-state index contributed by atoms with van der Waals surface area (Å²) in [4.78, 5) is 45.2. The fourth-order valence-electron chi connectivity index (χ4n) is 4.44. The van der Waals surface area contributed by atoms with E-state index < -0.39 is 0 Å². The van der Waals surface area contributed by atoms with E-state index in [1.54, 1.807) is 22.5 Å². The molecular weight excluding hydrogens is 462 g/mol. The number of carbonyl (C=O) groups is 2. The summed E-state index contributed by atoms with van der Waals surface area (Å²) >= 11 is 1.28. The van der Waals surface area contributed by atoms with E-state index in [0.29, 0.717) is 48.6 Å². The van der Waals surface area contributed by atoms with Crippen LogP contribution in [-0.2, 0) is 14.3 Å². The molecule has 7 nitrogen and oxygen atoms in total. The number of thioether (sulfide) groups is 1. The van der Waals surface area contributed by atoms with Crippen molar-refractivity contribution in [2.75, 3.05) is 25.4 Å². The van der Waals surface area contributed by atoms with E-state index in [-0.39, 0.29) is 35.0 Å². The van der Waals surface area contributed by atoms with Gasteiger partial charge in [-0.05, 0) is 49.4 Å². The summed E-state index contributed by atoms with van der Waals surface area (Å²) in [6, 6.07) is 15.1. The lowest BCUT2D eigenvalue weighted by Crippen LogP contribution is -2.41. The highest BCUT2D eigenvalue weighted by atomic mass is 32.2. The number of fused-ring (bicyclic) bond motifs is 1. The molecule has 3 aromatic rings. The molecule has 1 amide bonds. The Labute approximate surface area is 209 Å². The lowest BCUT2D eigenvalue weighted by atomic mass is 9.97. The van der Waals surface area contributed by atoms with E-state index >= 15 is 0 Å². The molecular formula is C27H31N3O4S. The van der Waals surface area contributed by atoms with Crippen molar-refractivity contribution in [2.24, 2.45) is 5.92 Å². The summed E-state index contributed by atoms with van der Waals surface area (Å²) in [5.74, 6) is 0.0282. The number of likely N-dealkylation sites (tertiary alicyclic amines) is 1. The lowest BCUT2D eigenvalue weighted by Gasteiger charge is -2.30. The molecule has 0 bridgehead atoms. The van der Waals surface area contributed by atoms with E-state index in [9.17, 15) is 14.4 Å². The van der Waals surface area contributed by atoms with Crippen LogP contribution in [0.5, 0.6) is 0 Å². The zero-order valence-electron chi connectivity index (χ0n) is 20.4. The molecule has 0 unspecified atom stereocenters. The van der Waals surface area contributed by atoms with Crippen molar-refractivity contribution < 1.29 is 14.3 Å². The fourth-order valence-corrected chi connectivity index (χ4v) is 5.35.